The van der Waals surface area contributed by atoms with E-state index in [-0.39, 0.29) is 11.1 Å². The van der Waals surface area contributed by atoms with Gasteiger partial charge in [0.2, 0.25) is 0 Å². The van der Waals surface area contributed by atoms with E-state index in [1.54, 1.807) is 24.4 Å². The molecule has 21 heavy (non-hydrogen) atoms. The fourth-order valence-electron chi connectivity index (χ4n) is 2.35. The van der Waals surface area contributed by atoms with Crippen LogP contribution in [0.15, 0.2) is 40.2 Å². The molecule has 7 nitrogen and oxygen atoms in total. The minimum absolute atomic E-state index is 0.316. The highest BCUT2D eigenvalue weighted by Crippen LogP contribution is 2.17. The minimum atomic E-state index is -0.327. The summed E-state index contributed by atoms with van der Waals surface area (Å²) in [5.41, 5.74) is -0.0275. The lowest BCUT2D eigenvalue weighted by Gasteiger charge is -2.09. The van der Waals surface area contributed by atoms with Crippen LogP contribution >= 0.6 is 0 Å². The zero-order valence-electron chi connectivity index (χ0n) is 11.5. The van der Waals surface area contributed by atoms with Crippen molar-refractivity contribution < 1.29 is 0 Å². The van der Waals surface area contributed by atoms with Crippen LogP contribution in [0.25, 0.3) is 10.8 Å². The van der Waals surface area contributed by atoms with Crippen molar-refractivity contribution in [1.29, 1.82) is 0 Å². The van der Waals surface area contributed by atoms with Crippen molar-refractivity contribution >= 4 is 16.5 Å². The molecule has 0 aliphatic rings. The first-order valence-electron chi connectivity index (χ1n) is 6.68. The van der Waals surface area contributed by atoms with E-state index >= 15 is 0 Å². The minimum Gasteiger partial charge on any atom is -0.377 e. The second-order valence-electron chi connectivity index (χ2n) is 4.62. The van der Waals surface area contributed by atoms with Crippen LogP contribution in [0.1, 0.15) is 12.7 Å². The van der Waals surface area contributed by atoms with Gasteiger partial charge >= 0.3 is 0 Å². The van der Waals surface area contributed by atoms with Crippen LogP contribution < -0.4 is 16.4 Å². The average molecular weight is 285 g/mol. The second kappa shape index (κ2) is 5.28. The van der Waals surface area contributed by atoms with Gasteiger partial charge in [0, 0.05) is 24.6 Å². The molecular weight excluding hydrogens is 270 g/mol. The van der Waals surface area contributed by atoms with E-state index in [0.29, 0.717) is 23.0 Å². The molecule has 0 aliphatic heterocycles. The number of nitrogens with zero attached hydrogens (tertiary/aromatic N) is 2. The van der Waals surface area contributed by atoms with Crippen molar-refractivity contribution in [2.24, 2.45) is 0 Å². The lowest BCUT2D eigenvalue weighted by atomic mass is 10.1. The molecule has 0 unspecified atom stereocenters. The Morgan fingerprint density at radius 1 is 1.24 bits per heavy atom. The first-order valence-corrected chi connectivity index (χ1v) is 6.68. The van der Waals surface area contributed by atoms with Crippen molar-refractivity contribution in [1.82, 2.24) is 19.7 Å². The quantitative estimate of drug-likeness (QED) is 0.667. The van der Waals surface area contributed by atoms with Crippen LogP contribution in [-0.4, -0.2) is 19.7 Å². The van der Waals surface area contributed by atoms with Crippen molar-refractivity contribution in [2.45, 2.75) is 20.0 Å². The molecule has 1 aromatic carbocycles. The summed E-state index contributed by atoms with van der Waals surface area (Å²) in [5.74, 6) is 0.871. The first-order chi connectivity index (χ1) is 10.2. The first kappa shape index (κ1) is 13.2. The Labute approximate surface area is 119 Å². The standard InChI is InChI=1S/C14H15N5O2/c1-2-19-7-6-15-11(19)8-16-10-5-3-4-9-12(10)14(21)18-17-13(9)20/h3-7,16H,2,8H2,1H3,(H,17,20)(H,18,21). The fourth-order valence-corrected chi connectivity index (χ4v) is 2.35. The Hall–Kier alpha value is -2.83. The average Bonchev–Trinajstić information content (AvgIpc) is 2.96. The molecule has 2 heterocycles. The summed E-state index contributed by atoms with van der Waals surface area (Å²) in [4.78, 5) is 28.0. The summed E-state index contributed by atoms with van der Waals surface area (Å²) in [5, 5.41) is 8.56. The van der Waals surface area contributed by atoms with Gasteiger partial charge in [-0.3, -0.25) is 19.8 Å². The van der Waals surface area contributed by atoms with Crippen LogP contribution in [0, 0.1) is 0 Å². The normalized spacial score (nSPS) is 10.9. The molecule has 0 atom stereocenters. The monoisotopic (exact) mass is 285 g/mol. The maximum Gasteiger partial charge on any atom is 0.272 e. The van der Waals surface area contributed by atoms with E-state index in [4.69, 9.17) is 0 Å². The lowest BCUT2D eigenvalue weighted by molar-refractivity contribution is 0.708. The maximum absolute atomic E-state index is 11.9. The van der Waals surface area contributed by atoms with E-state index in [0.717, 1.165) is 12.4 Å². The van der Waals surface area contributed by atoms with Crippen molar-refractivity contribution in [3.05, 3.63) is 57.1 Å². The molecule has 3 N–H and O–H groups in total. The second-order valence-corrected chi connectivity index (χ2v) is 4.62. The van der Waals surface area contributed by atoms with E-state index in [2.05, 4.69) is 20.5 Å². The zero-order chi connectivity index (χ0) is 14.8. The smallest absolute Gasteiger partial charge is 0.272 e. The summed E-state index contributed by atoms with van der Waals surface area (Å²) in [6.45, 7) is 3.34. The molecule has 2 aromatic heterocycles. The van der Waals surface area contributed by atoms with Gasteiger partial charge in [0.05, 0.1) is 17.3 Å². The van der Waals surface area contributed by atoms with Crippen LogP contribution in [0.2, 0.25) is 0 Å². The molecule has 0 fully saturated rings. The van der Waals surface area contributed by atoms with E-state index in [1.807, 2.05) is 17.7 Å². The third-order valence-electron chi connectivity index (χ3n) is 3.41. The van der Waals surface area contributed by atoms with E-state index in [9.17, 15) is 9.59 Å². The van der Waals surface area contributed by atoms with Gasteiger partial charge in [0.15, 0.2) is 0 Å². The Balaban J connectivity index is 2.00. The number of fused-ring (bicyclic) bond motifs is 1. The zero-order valence-corrected chi connectivity index (χ0v) is 11.5. The van der Waals surface area contributed by atoms with Gasteiger partial charge in [0.1, 0.15) is 5.82 Å². The van der Waals surface area contributed by atoms with Gasteiger partial charge in [-0.1, -0.05) is 6.07 Å². The van der Waals surface area contributed by atoms with Crippen molar-refractivity contribution in [2.75, 3.05) is 5.32 Å². The number of hydrogen-bond acceptors (Lipinski definition) is 4. The largest absolute Gasteiger partial charge is 0.377 e. The van der Waals surface area contributed by atoms with Gasteiger partial charge in [-0.2, -0.15) is 0 Å². The molecule has 0 saturated heterocycles. The Morgan fingerprint density at radius 2 is 2.05 bits per heavy atom. The summed E-state index contributed by atoms with van der Waals surface area (Å²) >= 11 is 0. The third-order valence-corrected chi connectivity index (χ3v) is 3.41. The molecule has 0 bridgehead atoms. The van der Waals surface area contributed by atoms with E-state index in [1.165, 1.54) is 0 Å². The fraction of sp³-hybridized carbons (Fsp3) is 0.214. The van der Waals surface area contributed by atoms with Gasteiger partial charge in [-0.15, -0.1) is 0 Å². The van der Waals surface area contributed by atoms with Gasteiger partial charge < -0.3 is 9.88 Å². The summed E-state index contributed by atoms with van der Waals surface area (Å²) in [6, 6.07) is 5.14. The molecule has 0 aliphatic carbocycles. The topological polar surface area (TPSA) is 95.6 Å². The maximum atomic E-state index is 11.9. The number of aryl methyl sites for hydroxylation is 1. The Kier molecular flexibility index (Phi) is 3.31. The van der Waals surface area contributed by atoms with Gasteiger partial charge in [-0.05, 0) is 19.1 Å². The number of anilines is 1. The number of nitrogens with one attached hydrogen (secondary N) is 3. The molecule has 7 heteroatoms. The van der Waals surface area contributed by atoms with Crippen LogP contribution in [0.5, 0.6) is 0 Å². The van der Waals surface area contributed by atoms with E-state index < -0.39 is 0 Å². The highest BCUT2D eigenvalue weighted by molar-refractivity contribution is 5.92. The molecule has 0 spiro atoms. The molecule has 3 rings (SSSR count). The lowest BCUT2D eigenvalue weighted by Crippen LogP contribution is -2.20. The number of rotatable bonds is 4. The van der Waals surface area contributed by atoms with Gasteiger partial charge in [-0.25, -0.2) is 4.98 Å². The number of imidazole rings is 1. The SMILES string of the molecule is CCn1ccnc1CNc1cccc2c(=O)[nH][nH]c(=O)c12. The number of H-pyrrole nitrogens is 2. The van der Waals surface area contributed by atoms with Crippen molar-refractivity contribution in [3.8, 4) is 0 Å². The Bertz CT molecular complexity index is 890. The summed E-state index contributed by atoms with van der Waals surface area (Å²) in [7, 11) is 0. The Morgan fingerprint density at radius 3 is 2.86 bits per heavy atom. The molecular formula is C14H15N5O2. The number of aromatic nitrogens is 4. The van der Waals surface area contributed by atoms with Crippen LogP contribution in [0.3, 0.4) is 0 Å². The number of aromatic amines is 2. The molecule has 0 amide bonds. The summed E-state index contributed by atoms with van der Waals surface area (Å²) < 4.78 is 2.01. The molecule has 108 valence electrons. The predicted molar refractivity (Wildman–Crippen MR) is 80.4 cm³/mol. The van der Waals surface area contributed by atoms with Crippen LogP contribution in [0.4, 0.5) is 5.69 Å². The molecule has 3 aromatic rings. The predicted octanol–water partition coefficient (Wildman–Crippen LogP) is 1.04. The molecule has 0 radical (unpaired) electrons. The highest BCUT2D eigenvalue weighted by atomic mass is 16.1. The van der Waals surface area contributed by atoms with Crippen LogP contribution in [-0.2, 0) is 13.1 Å². The highest BCUT2D eigenvalue weighted by Gasteiger charge is 2.09. The van der Waals surface area contributed by atoms with Gasteiger partial charge in [0.25, 0.3) is 11.1 Å². The number of benzene rings is 1. The summed E-state index contributed by atoms with van der Waals surface area (Å²) in [6.07, 6.45) is 3.64. The number of hydrogen-bond donors (Lipinski definition) is 3. The molecule has 0 saturated carbocycles. The third kappa shape index (κ3) is 2.33. The van der Waals surface area contributed by atoms with Crippen molar-refractivity contribution in [3.63, 3.8) is 0 Å².